The molecule has 9 nitrogen and oxygen atoms in total. The van der Waals surface area contributed by atoms with Gasteiger partial charge in [0.1, 0.15) is 16.7 Å². The molecule has 1 saturated carbocycles. The molecule has 1 saturated heterocycles. The standard InChI is InChI=1S/C30H35N3O6S/c1-37-28-9-6-22(19-29(28)40(35,36)33-14-16-38-17-15-33)23-18-26-25(7-8-27(26)31-20-23)21-10-12-32(13-11-21)30(34)39-24-4-2-3-5-24/h6-7,9-10,18-20,24H,2-5,8,11-17H2,1H3. The monoisotopic (exact) mass is 565 g/mol. The normalized spacial score (nSPS) is 20.2. The third-order valence-corrected chi connectivity index (χ3v) is 10.1. The van der Waals surface area contributed by atoms with E-state index in [1.807, 2.05) is 6.07 Å². The lowest BCUT2D eigenvalue weighted by Crippen LogP contribution is -2.40. The molecule has 2 aromatic rings. The zero-order chi connectivity index (χ0) is 27.7. The van der Waals surface area contributed by atoms with E-state index in [0.717, 1.165) is 66.5 Å². The summed E-state index contributed by atoms with van der Waals surface area (Å²) < 4.78 is 44.9. The van der Waals surface area contributed by atoms with Crippen molar-refractivity contribution >= 4 is 21.7 Å². The van der Waals surface area contributed by atoms with E-state index in [4.69, 9.17) is 19.2 Å². The maximum Gasteiger partial charge on any atom is 0.410 e. The van der Waals surface area contributed by atoms with Crippen LogP contribution in [0.3, 0.4) is 0 Å². The van der Waals surface area contributed by atoms with Gasteiger partial charge in [0.2, 0.25) is 10.0 Å². The van der Waals surface area contributed by atoms with E-state index in [0.29, 0.717) is 45.1 Å². The first kappa shape index (κ1) is 27.0. The molecule has 10 heteroatoms. The summed E-state index contributed by atoms with van der Waals surface area (Å²) in [5.41, 5.74) is 5.99. The van der Waals surface area contributed by atoms with Crippen molar-refractivity contribution in [3.05, 3.63) is 59.4 Å². The van der Waals surface area contributed by atoms with Gasteiger partial charge in [-0.25, -0.2) is 13.2 Å². The molecule has 1 amide bonds. The van der Waals surface area contributed by atoms with Crippen LogP contribution in [0, 0.1) is 0 Å². The largest absolute Gasteiger partial charge is 0.495 e. The van der Waals surface area contributed by atoms with E-state index >= 15 is 0 Å². The average Bonchev–Trinajstić information content (AvgIpc) is 3.67. The van der Waals surface area contributed by atoms with Crippen LogP contribution in [-0.2, 0) is 25.9 Å². The molecule has 0 N–H and O–H groups in total. The molecule has 3 heterocycles. The number of amides is 1. The highest BCUT2D eigenvalue weighted by Crippen LogP contribution is 2.38. The van der Waals surface area contributed by atoms with Gasteiger partial charge in [-0.3, -0.25) is 4.98 Å². The van der Waals surface area contributed by atoms with Crippen LogP contribution < -0.4 is 4.74 Å². The minimum Gasteiger partial charge on any atom is -0.495 e. The number of nitrogens with zero attached hydrogens (tertiary/aromatic N) is 3. The maximum absolute atomic E-state index is 13.5. The third kappa shape index (κ3) is 5.27. The van der Waals surface area contributed by atoms with Gasteiger partial charge < -0.3 is 19.1 Å². The minimum atomic E-state index is -3.75. The predicted octanol–water partition coefficient (Wildman–Crippen LogP) is 4.43. The molecule has 0 spiro atoms. The highest BCUT2D eigenvalue weighted by molar-refractivity contribution is 7.89. The van der Waals surface area contributed by atoms with E-state index in [-0.39, 0.29) is 17.1 Å². The Kier molecular flexibility index (Phi) is 7.65. The lowest BCUT2D eigenvalue weighted by molar-refractivity contribution is 0.0676. The molecule has 1 aromatic heterocycles. The van der Waals surface area contributed by atoms with Crippen LogP contribution in [-0.4, -0.2) is 81.3 Å². The number of methoxy groups -OCH3 is 1. The number of aromatic nitrogens is 1. The van der Waals surface area contributed by atoms with Crippen molar-refractivity contribution in [2.75, 3.05) is 46.5 Å². The highest BCUT2D eigenvalue weighted by Gasteiger charge is 2.30. The summed E-state index contributed by atoms with van der Waals surface area (Å²) in [6.45, 7) is 2.53. The van der Waals surface area contributed by atoms with Crippen LogP contribution in [0.2, 0.25) is 0 Å². The smallest absolute Gasteiger partial charge is 0.410 e. The fourth-order valence-electron chi connectivity index (χ4n) is 5.95. The molecule has 0 atom stereocenters. The molecule has 0 radical (unpaired) electrons. The van der Waals surface area contributed by atoms with Crippen LogP contribution in [0.25, 0.3) is 16.7 Å². The number of ether oxygens (including phenoxy) is 3. The van der Waals surface area contributed by atoms with Gasteiger partial charge in [-0.2, -0.15) is 4.31 Å². The Morgan fingerprint density at radius 1 is 1.05 bits per heavy atom. The fraction of sp³-hybridized carbons (Fsp3) is 0.467. The zero-order valence-electron chi connectivity index (χ0n) is 22.8. The Hall–Kier alpha value is -3.21. The second-order valence-corrected chi connectivity index (χ2v) is 12.5. The van der Waals surface area contributed by atoms with E-state index in [1.54, 1.807) is 23.2 Å². The number of allylic oxidation sites excluding steroid dienone is 2. The molecular weight excluding hydrogens is 530 g/mol. The highest BCUT2D eigenvalue weighted by atomic mass is 32.2. The molecule has 212 valence electrons. The molecule has 2 aliphatic heterocycles. The zero-order valence-corrected chi connectivity index (χ0v) is 23.6. The number of sulfonamides is 1. The first-order valence-electron chi connectivity index (χ1n) is 14.0. The van der Waals surface area contributed by atoms with Gasteiger partial charge in [-0.1, -0.05) is 18.2 Å². The van der Waals surface area contributed by atoms with Crippen molar-refractivity contribution in [3.63, 3.8) is 0 Å². The topological polar surface area (TPSA) is 98.3 Å². The number of hydrogen-bond donors (Lipinski definition) is 0. The summed E-state index contributed by atoms with van der Waals surface area (Å²) in [5.74, 6) is 0.313. The lowest BCUT2D eigenvalue weighted by Gasteiger charge is -2.28. The van der Waals surface area contributed by atoms with E-state index in [1.165, 1.54) is 17.0 Å². The van der Waals surface area contributed by atoms with Crippen molar-refractivity contribution < 1.29 is 27.4 Å². The van der Waals surface area contributed by atoms with Crippen LogP contribution >= 0.6 is 0 Å². The Morgan fingerprint density at radius 3 is 2.58 bits per heavy atom. The van der Waals surface area contributed by atoms with Crippen molar-refractivity contribution in [2.24, 2.45) is 0 Å². The van der Waals surface area contributed by atoms with Crippen LogP contribution in [0.1, 0.15) is 43.4 Å². The summed E-state index contributed by atoms with van der Waals surface area (Å²) in [5, 5.41) is 0. The van der Waals surface area contributed by atoms with Gasteiger partial charge in [-0.05, 0) is 67.0 Å². The molecule has 0 unspecified atom stereocenters. The number of morpholine rings is 1. The number of carbonyl (C=O) groups excluding carboxylic acids is 1. The Balaban J connectivity index is 1.23. The first-order chi connectivity index (χ1) is 19.4. The Morgan fingerprint density at radius 2 is 1.85 bits per heavy atom. The predicted molar refractivity (Wildman–Crippen MR) is 150 cm³/mol. The van der Waals surface area contributed by atoms with Crippen LogP contribution in [0.5, 0.6) is 5.75 Å². The Bertz CT molecular complexity index is 1460. The van der Waals surface area contributed by atoms with E-state index in [9.17, 15) is 13.2 Å². The van der Waals surface area contributed by atoms with Crippen LogP contribution in [0.4, 0.5) is 4.79 Å². The average molecular weight is 566 g/mol. The molecular formula is C30H35N3O6S. The molecule has 1 aromatic carbocycles. The summed E-state index contributed by atoms with van der Waals surface area (Å²) in [6.07, 6.45) is 11.7. The Labute approximate surface area is 235 Å². The number of carbonyl (C=O) groups is 1. The second-order valence-electron chi connectivity index (χ2n) is 10.6. The van der Waals surface area contributed by atoms with Gasteiger partial charge >= 0.3 is 6.09 Å². The number of benzene rings is 1. The van der Waals surface area contributed by atoms with Crippen molar-refractivity contribution in [1.29, 1.82) is 0 Å². The molecule has 4 aliphatic rings. The molecule has 0 bridgehead atoms. The number of rotatable bonds is 6. The molecule has 2 fully saturated rings. The maximum atomic E-state index is 13.5. The van der Waals surface area contributed by atoms with Crippen molar-refractivity contribution in [1.82, 2.24) is 14.2 Å². The molecule has 40 heavy (non-hydrogen) atoms. The summed E-state index contributed by atoms with van der Waals surface area (Å²) >= 11 is 0. The number of pyridine rings is 1. The van der Waals surface area contributed by atoms with Crippen LogP contribution in [0.15, 0.2) is 53.1 Å². The van der Waals surface area contributed by atoms with Gasteiger partial charge in [0, 0.05) is 49.9 Å². The molecule has 2 aliphatic carbocycles. The number of hydrogen-bond acceptors (Lipinski definition) is 7. The van der Waals surface area contributed by atoms with E-state index < -0.39 is 10.0 Å². The summed E-state index contributed by atoms with van der Waals surface area (Å²) in [6, 6.07) is 7.34. The van der Waals surface area contributed by atoms with Crippen molar-refractivity contribution in [2.45, 2.75) is 49.5 Å². The third-order valence-electron chi connectivity index (χ3n) is 8.23. The summed E-state index contributed by atoms with van der Waals surface area (Å²) in [7, 11) is -2.27. The summed E-state index contributed by atoms with van der Waals surface area (Å²) in [4.78, 5) is 19.3. The first-order valence-corrected chi connectivity index (χ1v) is 15.5. The SMILES string of the molecule is COc1ccc(-c2cnc3c(c2)C(C2=CCN(C(=O)OC4CCCC4)CC2)=CC3)cc1S(=O)(=O)N1CCOCC1. The quantitative estimate of drug-likeness (QED) is 0.511. The van der Waals surface area contributed by atoms with Gasteiger partial charge in [-0.15, -0.1) is 0 Å². The minimum absolute atomic E-state index is 0.0640. The van der Waals surface area contributed by atoms with Crippen molar-refractivity contribution in [3.8, 4) is 16.9 Å². The number of fused-ring (bicyclic) bond motifs is 1. The van der Waals surface area contributed by atoms with Gasteiger partial charge in [0.15, 0.2) is 0 Å². The van der Waals surface area contributed by atoms with Gasteiger partial charge in [0.05, 0.1) is 26.0 Å². The fourth-order valence-corrected chi connectivity index (χ4v) is 7.54. The molecule has 6 rings (SSSR count). The van der Waals surface area contributed by atoms with E-state index in [2.05, 4.69) is 18.2 Å². The lowest BCUT2D eigenvalue weighted by atomic mass is 9.94. The van der Waals surface area contributed by atoms with Gasteiger partial charge in [0.25, 0.3) is 0 Å². The second kappa shape index (κ2) is 11.3.